The lowest BCUT2D eigenvalue weighted by molar-refractivity contribution is -0.138. The molecule has 1 aliphatic rings. The number of carbonyl (C=O) groups is 1. The Kier molecular flexibility index (Phi) is 5.16. The van der Waals surface area contributed by atoms with Crippen LogP contribution in [0.15, 0.2) is 0 Å². The average molecular weight is 277 g/mol. The molecule has 2 atom stereocenters. The Morgan fingerprint density at radius 3 is 2.44 bits per heavy atom. The summed E-state index contributed by atoms with van der Waals surface area (Å²) in [5.74, 6) is -0.251. The van der Waals surface area contributed by atoms with Crippen molar-refractivity contribution in [1.29, 1.82) is 0 Å². The quantitative estimate of drug-likeness (QED) is 0.796. The maximum atomic E-state index is 11.9. The largest absolute Gasteiger partial charge is 0.481 e. The molecule has 0 spiro atoms. The van der Waals surface area contributed by atoms with Gasteiger partial charge in [0.1, 0.15) is 0 Å². The molecule has 1 N–H and O–H groups in total. The van der Waals surface area contributed by atoms with Gasteiger partial charge in [0.25, 0.3) is 0 Å². The van der Waals surface area contributed by atoms with Gasteiger partial charge in [-0.2, -0.15) is 0 Å². The maximum Gasteiger partial charge on any atom is 0.303 e. The number of hydrogen-bond acceptors (Lipinski definition) is 3. The van der Waals surface area contributed by atoms with Crippen molar-refractivity contribution in [2.24, 2.45) is 17.8 Å². The van der Waals surface area contributed by atoms with Crippen LogP contribution in [-0.4, -0.2) is 42.6 Å². The first-order valence-electron chi connectivity index (χ1n) is 6.40. The van der Waals surface area contributed by atoms with Crippen LogP contribution in [0.2, 0.25) is 0 Å². The van der Waals surface area contributed by atoms with E-state index in [0.29, 0.717) is 19.0 Å². The summed E-state index contributed by atoms with van der Waals surface area (Å²) in [6, 6.07) is 0. The molecule has 1 rings (SSSR count). The minimum atomic E-state index is -3.16. The van der Waals surface area contributed by atoms with Crippen LogP contribution in [0, 0.1) is 17.8 Å². The van der Waals surface area contributed by atoms with Crippen molar-refractivity contribution in [2.45, 2.75) is 33.6 Å². The van der Waals surface area contributed by atoms with Gasteiger partial charge in [-0.3, -0.25) is 4.79 Å². The zero-order chi connectivity index (χ0) is 13.9. The highest BCUT2D eigenvalue weighted by Gasteiger charge is 2.35. The van der Waals surface area contributed by atoms with Gasteiger partial charge >= 0.3 is 5.97 Å². The fraction of sp³-hybridized carbons (Fsp3) is 0.917. The fourth-order valence-corrected chi connectivity index (χ4v) is 4.55. The second kappa shape index (κ2) is 6.02. The highest BCUT2D eigenvalue weighted by Crippen LogP contribution is 2.24. The molecule has 1 fully saturated rings. The lowest BCUT2D eigenvalue weighted by atomic mass is 9.94. The Morgan fingerprint density at radius 2 is 2.06 bits per heavy atom. The van der Waals surface area contributed by atoms with E-state index in [-0.39, 0.29) is 24.0 Å². The molecular formula is C12H23NO4S. The Labute approximate surface area is 109 Å². The van der Waals surface area contributed by atoms with E-state index in [9.17, 15) is 13.2 Å². The van der Waals surface area contributed by atoms with E-state index in [1.54, 1.807) is 0 Å². The van der Waals surface area contributed by atoms with Crippen LogP contribution in [-0.2, 0) is 14.8 Å². The van der Waals surface area contributed by atoms with Gasteiger partial charge < -0.3 is 5.11 Å². The third-order valence-electron chi connectivity index (χ3n) is 3.13. The van der Waals surface area contributed by atoms with E-state index in [1.165, 1.54) is 4.31 Å². The maximum absolute atomic E-state index is 11.9. The molecule has 2 unspecified atom stereocenters. The third-order valence-corrected chi connectivity index (χ3v) is 5.21. The van der Waals surface area contributed by atoms with Crippen LogP contribution in [0.25, 0.3) is 0 Å². The van der Waals surface area contributed by atoms with Crippen molar-refractivity contribution in [2.75, 3.05) is 18.8 Å². The van der Waals surface area contributed by atoms with Gasteiger partial charge in [0.05, 0.1) is 5.75 Å². The summed E-state index contributed by atoms with van der Waals surface area (Å²) in [7, 11) is -3.16. The van der Waals surface area contributed by atoms with Crippen LogP contribution >= 0.6 is 0 Å². The topological polar surface area (TPSA) is 74.7 Å². The van der Waals surface area contributed by atoms with Crippen molar-refractivity contribution in [3.05, 3.63) is 0 Å². The van der Waals surface area contributed by atoms with Crippen molar-refractivity contribution in [1.82, 2.24) is 4.31 Å². The summed E-state index contributed by atoms with van der Waals surface area (Å²) in [5.41, 5.74) is 0. The highest BCUT2D eigenvalue weighted by molar-refractivity contribution is 7.89. The van der Waals surface area contributed by atoms with E-state index in [4.69, 9.17) is 5.11 Å². The molecule has 1 saturated heterocycles. The smallest absolute Gasteiger partial charge is 0.303 e. The Hall–Kier alpha value is -0.620. The zero-order valence-corrected chi connectivity index (χ0v) is 12.1. The molecule has 1 heterocycles. The van der Waals surface area contributed by atoms with Crippen LogP contribution in [0.3, 0.4) is 0 Å². The molecule has 0 radical (unpaired) electrons. The second-order valence-corrected chi connectivity index (χ2v) is 7.81. The second-order valence-electron chi connectivity index (χ2n) is 5.79. The molecule has 6 heteroatoms. The van der Waals surface area contributed by atoms with E-state index in [1.807, 2.05) is 20.8 Å². The molecule has 106 valence electrons. The standard InChI is InChI=1S/C12H23NO4S/c1-9(2)4-11(5-12(14)15)7-13-6-10(3)8-18(13,16)17/h9-11H,4-8H2,1-3H3,(H,14,15). The predicted octanol–water partition coefficient (Wildman–Crippen LogP) is 1.40. The number of rotatable bonds is 6. The average Bonchev–Trinajstić information content (AvgIpc) is 2.36. The Balaban J connectivity index is 2.68. The van der Waals surface area contributed by atoms with Crippen LogP contribution < -0.4 is 0 Å². The molecule has 0 aromatic heterocycles. The van der Waals surface area contributed by atoms with Gasteiger partial charge in [-0.05, 0) is 24.2 Å². The molecule has 18 heavy (non-hydrogen) atoms. The first-order chi connectivity index (χ1) is 8.20. The molecule has 0 bridgehead atoms. The van der Waals surface area contributed by atoms with E-state index >= 15 is 0 Å². The number of carboxylic acids is 1. The summed E-state index contributed by atoms with van der Waals surface area (Å²) in [6.45, 7) is 6.83. The molecular weight excluding hydrogens is 254 g/mol. The van der Waals surface area contributed by atoms with E-state index in [0.717, 1.165) is 6.42 Å². The highest BCUT2D eigenvalue weighted by atomic mass is 32.2. The molecule has 0 aromatic carbocycles. The van der Waals surface area contributed by atoms with E-state index in [2.05, 4.69) is 0 Å². The van der Waals surface area contributed by atoms with Gasteiger partial charge in [0.2, 0.25) is 10.0 Å². The Morgan fingerprint density at radius 1 is 1.44 bits per heavy atom. The molecule has 0 aliphatic carbocycles. The molecule has 1 aliphatic heterocycles. The van der Waals surface area contributed by atoms with Gasteiger partial charge in [0, 0.05) is 19.5 Å². The summed E-state index contributed by atoms with van der Waals surface area (Å²) >= 11 is 0. The number of nitrogens with zero attached hydrogens (tertiary/aromatic N) is 1. The van der Waals surface area contributed by atoms with Gasteiger partial charge in [-0.1, -0.05) is 20.8 Å². The van der Waals surface area contributed by atoms with Gasteiger partial charge in [-0.15, -0.1) is 0 Å². The lowest BCUT2D eigenvalue weighted by Crippen LogP contribution is -2.33. The molecule has 0 saturated carbocycles. The van der Waals surface area contributed by atoms with Crippen molar-refractivity contribution in [3.63, 3.8) is 0 Å². The number of hydrogen-bond donors (Lipinski definition) is 1. The summed E-state index contributed by atoms with van der Waals surface area (Å²) in [5, 5.41) is 8.88. The summed E-state index contributed by atoms with van der Waals surface area (Å²) in [4.78, 5) is 10.8. The van der Waals surface area contributed by atoms with Gasteiger partial charge in [-0.25, -0.2) is 12.7 Å². The summed E-state index contributed by atoms with van der Waals surface area (Å²) in [6.07, 6.45) is 0.783. The Bertz CT molecular complexity index is 391. The van der Waals surface area contributed by atoms with Crippen molar-refractivity contribution in [3.8, 4) is 0 Å². The normalized spacial score (nSPS) is 25.4. The lowest BCUT2D eigenvalue weighted by Gasteiger charge is -2.23. The predicted molar refractivity (Wildman–Crippen MR) is 69.7 cm³/mol. The van der Waals surface area contributed by atoms with Crippen LogP contribution in [0.5, 0.6) is 0 Å². The van der Waals surface area contributed by atoms with Crippen LogP contribution in [0.1, 0.15) is 33.6 Å². The van der Waals surface area contributed by atoms with Crippen molar-refractivity contribution >= 4 is 16.0 Å². The van der Waals surface area contributed by atoms with E-state index < -0.39 is 16.0 Å². The molecule has 0 amide bonds. The number of carboxylic acid groups (broad SMARTS) is 1. The molecule has 0 aromatic rings. The van der Waals surface area contributed by atoms with Crippen LogP contribution in [0.4, 0.5) is 0 Å². The minimum Gasteiger partial charge on any atom is -0.481 e. The monoisotopic (exact) mass is 277 g/mol. The number of aliphatic carboxylic acids is 1. The van der Waals surface area contributed by atoms with Gasteiger partial charge in [0.15, 0.2) is 0 Å². The van der Waals surface area contributed by atoms with Crippen molar-refractivity contribution < 1.29 is 18.3 Å². The first-order valence-corrected chi connectivity index (χ1v) is 8.01. The third kappa shape index (κ3) is 4.57. The SMILES string of the molecule is CC(C)CC(CC(=O)O)CN1CC(C)CS1(=O)=O. The molecule has 5 nitrogen and oxygen atoms in total. The first kappa shape index (κ1) is 15.4. The fourth-order valence-electron chi connectivity index (χ4n) is 2.59. The summed E-state index contributed by atoms with van der Waals surface area (Å²) < 4.78 is 25.2. The zero-order valence-electron chi connectivity index (χ0n) is 11.3. The number of sulfonamides is 1. The minimum absolute atomic E-state index is 0.0403.